The van der Waals surface area contributed by atoms with Crippen molar-refractivity contribution in [3.8, 4) is 5.69 Å². The van der Waals surface area contributed by atoms with Crippen molar-refractivity contribution in [3.05, 3.63) is 72.1 Å². The smallest absolute Gasteiger partial charge is 0.223 e. The van der Waals surface area contributed by atoms with Gasteiger partial charge in [-0.1, -0.05) is 12.1 Å². The highest BCUT2D eigenvalue weighted by Crippen LogP contribution is 2.22. The predicted octanol–water partition coefficient (Wildman–Crippen LogP) is 2.72. The van der Waals surface area contributed by atoms with Crippen LogP contribution in [0.5, 0.6) is 0 Å². The van der Waals surface area contributed by atoms with E-state index in [0.29, 0.717) is 23.4 Å². The number of sulfonamides is 1. The zero-order valence-corrected chi connectivity index (χ0v) is 14.2. The third-order valence-corrected chi connectivity index (χ3v) is 5.26. The number of hydrogen-bond donors (Lipinski definition) is 1. The molecule has 0 spiro atoms. The second kappa shape index (κ2) is 6.89. The van der Waals surface area contributed by atoms with Gasteiger partial charge in [0.05, 0.1) is 5.69 Å². The zero-order valence-electron chi connectivity index (χ0n) is 13.4. The third kappa shape index (κ3) is 3.46. The first-order valence-electron chi connectivity index (χ1n) is 7.40. The Bertz CT molecular complexity index is 1020. The maximum atomic E-state index is 13.8. The van der Waals surface area contributed by atoms with Crippen molar-refractivity contribution in [2.75, 3.05) is 0 Å². The van der Waals surface area contributed by atoms with E-state index in [0.717, 1.165) is 0 Å². The highest BCUT2D eigenvalue weighted by Gasteiger charge is 2.25. The van der Waals surface area contributed by atoms with Crippen LogP contribution in [0.4, 0.5) is 13.2 Å². The summed E-state index contributed by atoms with van der Waals surface area (Å²) in [5, 5.41) is 3.97. The van der Waals surface area contributed by atoms with Crippen LogP contribution < -0.4 is 4.72 Å². The van der Waals surface area contributed by atoms with Crippen molar-refractivity contribution in [1.29, 1.82) is 0 Å². The van der Waals surface area contributed by atoms with Crippen molar-refractivity contribution in [2.24, 2.45) is 0 Å². The van der Waals surface area contributed by atoms with Gasteiger partial charge in [0.25, 0.3) is 0 Å². The minimum absolute atomic E-state index is 0.560. The summed E-state index contributed by atoms with van der Waals surface area (Å²) < 4.78 is 68.4. The first-order chi connectivity index (χ1) is 12.3. The number of benzene rings is 2. The summed E-state index contributed by atoms with van der Waals surface area (Å²) in [4.78, 5) is 2.87. The molecule has 1 heterocycles. The summed E-state index contributed by atoms with van der Waals surface area (Å²) in [6.07, 6.45) is 2.88. The van der Waals surface area contributed by atoms with Crippen LogP contribution in [0, 0.1) is 17.5 Å². The van der Waals surface area contributed by atoms with Crippen LogP contribution in [0.25, 0.3) is 5.69 Å². The Kier molecular flexibility index (Phi) is 4.79. The molecule has 2 aromatic carbocycles. The molecule has 1 N–H and O–H groups in total. The fourth-order valence-electron chi connectivity index (χ4n) is 2.34. The molecule has 3 aromatic rings. The molecule has 0 radical (unpaired) electrons. The topological polar surface area (TPSA) is 76.9 Å². The quantitative estimate of drug-likeness (QED) is 0.689. The Morgan fingerprint density at radius 2 is 1.73 bits per heavy atom. The Morgan fingerprint density at radius 3 is 2.35 bits per heavy atom. The van der Waals surface area contributed by atoms with Crippen LogP contribution in [0.2, 0.25) is 0 Å². The van der Waals surface area contributed by atoms with Gasteiger partial charge in [0.2, 0.25) is 10.0 Å². The molecule has 6 nitrogen and oxygen atoms in total. The summed E-state index contributed by atoms with van der Waals surface area (Å²) in [6, 6.07) is 7.22. The van der Waals surface area contributed by atoms with Crippen molar-refractivity contribution >= 4 is 10.0 Å². The van der Waals surface area contributed by atoms with E-state index in [-0.39, 0.29) is 0 Å². The largest absolute Gasteiger partial charge is 0.244 e. The number of nitrogens with zero attached hydrogens (tertiary/aromatic N) is 3. The number of rotatable bonds is 5. The molecule has 10 heteroatoms. The summed E-state index contributed by atoms with van der Waals surface area (Å²) in [5.74, 6) is -5.05. The van der Waals surface area contributed by atoms with Crippen LogP contribution in [-0.4, -0.2) is 23.2 Å². The number of nitrogens with one attached hydrogen (secondary N) is 1. The van der Waals surface area contributed by atoms with Crippen LogP contribution in [0.1, 0.15) is 18.5 Å². The Balaban J connectivity index is 1.83. The average Bonchev–Trinajstić information content (AvgIpc) is 3.14. The lowest BCUT2D eigenvalue weighted by atomic mass is 10.1. The minimum Gasteiger partial charge on any atom is -0.223 e. The van der Waals surface area contributed by atoms with Crippen molar-refractivity contribution in [2.45, 2.75) is 17.9 Å². The second-order valence-electron chi connectivity index (χ2n) is 5.45. The van der Waals surface area contributed by atoms with Gasteiger partial charge in [-0.25, -0.2) is 36.0 Å². The lowest BCUT2D eigenvalue weighted by Crippen LogP contribution is -2.28. The van der Waals surface area contributed by atoms with E-state index in [9.17, 15) is 21.6 Å². The lowest BCUT2D eigenvalue weighted by Gasteiger charge is -2.15. The molecule has 136 valence electrons. The highest BCUT2D eigenvalue weighted by atomic mass is 32.2. The molecule has 0 bridgehead atoms. The van der Waals surface area contributed by atoms with Gasteiger partial charge in [0.15, 0.2) is 17.5 Å². The Labute approximate surface area is 147 Å². The van der Waals surface area contributed by atoms with Gasteiger partial charge in [0, 0.05) is 6.04 Å². The second-order valence-corrected chi connectivity index (χ2v) is 7.13. The van der Waals surface area contributed by atoms with Crippen molar-refractivity contribution in [1.82, 2.24) is 19.5 Å². The van der Waals surface area contributed by atoms with Gasteiger partial charge in [-0.3, -0.25) is 0 Å². The van der Waals surface area contributed by atoms with Crippen molar-refractivity contribution in [3.63, 3.8) is 0 Å². The molecule has 0 aliphatic carbocycles. The molecular weight excluding hydrogens is 369 g/mol. The molecule has 26 heavy (non-hydrogen) atoms. The number of halogens is 3. The fourth-order valence-corrected chi connectivity index (χ4v) is 3.64. The van der Waals surface area contributed by atoms with Gasteiger partial charge >= 0.3 is 0 Å². The SMILES string of the molecule is C[C@H](NS(=O)(=O)c1ccc(F)c(F)c1F)c1ccc(-n2cncn2)cc1. The summed E-state index contributed by atoms with van der Waals surface area (Å²) in [7, 11) is -4.39. The van der Waals surface area contributed by atoms with Crippen LogP contribution in [0.15, 0.2) is 53.9 Å². The number of aromatic nitrogens is 3. The molecule has 0 saturated heterocycles. The maximum Gasteiger partial charge on any atom is 0.244 e. The lowest BCUT2D eigenvalue weighted by molar-refractivity contribution is 0.431. The molecule has 0 amide bonds. The Hall–Kier alpha value is -2.72. The van der Waals surface area contributed by atoms with Crippen LogP contribution in [0.3, 0.4) is 0 Å². The maximum absolute atomic E-state index is 13.8. The molecule has 1 atom stereocenters. The van der Waals surface area contributed by atoms with E-state index in [1.54, 1.807) is 31.2 Å². The standard InChI is InChI=1S/C16H13F3N4O2S/c1-10(11-2-4-12(5-3-11)23-9-20-8-21-23)22-26(24,25)14-7-6-13(17)15(18)16(14)19/h2-10,22H,1H3/t10-/m0/s1. The molecule has 0 aliphatic rings. The van der Waals surface area contributed by atoms with E-state index >= 15 is 0 Å². The van der Waals surface area contributed by atoms with E-state index in [2.05, 4.69) is 14.8 Å². The molecular formula is C16H13F3N4O2S. The van der Waals surface area contributed by atoms with Crippen molar-refractivity contribution < 1.29 is 21.6 Å². The zero-order chi connectivity index (χ0) is 18.9. The van der Waals surface area contributed by atoms with Gasteiger partial charge in [-0.05, 0) is 36.8 Å². The average molecular weight is 382 g/mol. The minimum atomic E-state index is -4.39. The monoisotopic (exact) mass is 382 g/mol. The summed E-state index contributed by atoms with van der Waals surface area (Å²) >= 11 is 0. The molecule has 0 unspecified atom stereocenters. The van der Waals surface area contributed by atoms with Crippen LogP contribution >= 0.6 is 0 Å². The normalized spacial score (nSPS) is 12.9. The molecule has 3 rings (SSSR count). The summed E-state index contributed by atoms with van der Waals surface area (Å²) in [6.45, 7) is 1.54. The highest BCUT2D eigenvalue weighted by molar-refractivity contribution is 7.89. The van der Waals surface area contributed by atoms with E-state index in [1.165, 1.54) is 17.3 Å². The number of hydrogen-bond acceptors (Lipinski definition) is 4. The van der Waals surface area contributed by atoms with E-state index < -0.39 is 38.4 Å². The van der Waals surface area contributed by atoms with Gasteiger partial charge in [-0.15, -0.1) is 0 Å². The van der Waals surface area contributed by atoms with E-state index in [4.69, 9.17) is 0 Å². The van der Waals surface area contributed by atoms with Gasteiger partial charge < -0.3 is 0 Å². The molecule has 1 aromatic heterocycles. The summed E-state index contributed by atoms with van der Waals surface area (Å²) in [5.41, 5.74) is 1.30. The molecule has 0 aliphatic heterocycles. The fraction of sp³-hybridized carbons (Fsp3) is 0.125. The van der Waals surface area contributed by atoms with Gasteiger partial charge in [0.1, 0.15) is 17.6 Å². The molecule has 0 saturated carbocycles. The predicted molar refractivity (Wildman–Crippen MR) is 86.4 cm³/mol. The third-order valence-electron chi connectivity index (χ3n) is 3.70. The first kappa shape index (κ1) is 18.1. The Morgan fingerprint density at radius 1 is 1.04 bits per heavy atom. The first-order valence-corrected chi connectivity index (χ1v) is 8.88. The van der Waals surface area contributed by atoms with Gasteiger partial charge in [-0.2, -0.15) is 5.10 Å². The molecule has 0 fully saturated rings. The van der Waals surface area contributed by atoms with E-state index in [1.807, 2.05) is 0 Å². The van der Waals surface area contributed by atoms with Crippen LogP contribution in [-0.2, 0) is 10.0 Å².